The number of rotatable bonds is 7. The molecule has 0 aliphatic carbocycles. The van der Waals surface area contributed by atoms with E-state index < -0.39 is 5.91 Å². The predicted molar refractivity (Wildman–Crippen MR) is 108 cm³/mol. The van der Waals surface area contributed by atoms with Gasteiger partial charge < -0.3 is 19.2 Å². The van der Waals surface area contributed by atoms with Gasteiger partial charge in [-0.05, 0) is 71.9 Å². The van der Waals surface area contributed by atoms with Gasteiger partial charge in [0.25, 0.3) is 5.91 Å². The lowest BCUT2D eigenvalue weighted by atomic mass is 10.2. The van der Waals surface area contributed by atoms with E-state index in [0.717, 1.165) is 0 Å². The molecule has 158 valence electrons. The van der Waals surface area contributed by atoms with Crippen LogP contribution in [0.5, 0.6) is 11.5 Å². The van der Waals surface area contributed by atoms with E-state index in [1.807, 2.05) is 0 Å². The van der Waals surface area contributed by atoms with Crippen molar-refractivity contribution in [3.8, 4) is 17.2 Å². The number of tetrazole rings is 1. The Morgan fingerprint density at radius 3 is 2.68 bits per heavy atom. The molecule has 0 radical (unpaired) electrons. The fraction of sp³-hybridized carbons (Fsp3) is 0.143. The third kappa shape index (κ3) is 4.53. The summed E-state index contributed by atoms with van der Waals surface area (Å²) in [6.07, 6.45) is 0. The molecule has 1 N–H and O–H groups in total. The van der Waals surface area contributed by atoms with Crippen LogP contribution in [0.1, 0.15) is 22.1 Å². The van der Waals surface area contributed by atoms with Crippen molar-refractivity contribution in [3.05, 3.63) is 77.8 Å². The first kappa shape index (κ1) is 20.1. The summed E-state index contributed by atoms with van der Waals surface area (Å²) >= 11 is 0. The van der Waals surface area contributed by atoms with Crippen LogP contribution < -0.4 is 14.8 Å². The average Bonchev–Trinajstić information content (AvgIpc) is 3.42. The van der Waals surface area contributed by atoms with E-state index in [4.69, 9.17) is 13.9 Å². The summed E-state index contributed by atoms with van der Waals surface area (Å²) < 4.78 is 30.9. The molecule has 10 heteroatoms. The summed E-state index contributed by atoms with van der Waals surface area (Å²) in [5.41, 5.74) is 1.09. The van der Waals surface area contributed by atoms with Gasteiger partial charge in [-0.25, -0.2) is 4.39 Å². The van der Waals surface area contributed by atoms with Crippen molar-refractivity contribution in [2.24, 2.45) is 0 Å². The highest BCUT2D eigenvalue weighted by Crippen LogP contribution is 2.27. The number of carbonyl (C=O) groups excluding carboxylic acids is 1. The first-order valence-electron chi connectivity index (χ1n) is 9.25. The molecule has 0 bridgehead atoms. The van der Waals surface area contributed by atoms with E-state index in [9.17, 15) is 9.18 Å². The number of amides is 1. The molecular formula is C21H18FN5O4. The van der Waals surface area contributed by atoms with Crippen LogP contribution in [0.25, 0.3) is 5.69 Å². The third-order valence-corrected chi connectivity index (χ3v) is 4.37. The van der Waals surface area contributed by atoms with Gasteiger partial charge in [-0.15, -0.1) is 5.10 Å². The zero-order valence-corrected chi connectivity index (χ0v) is 16.7. The van der Waals surface area contributed by atoms with Crippen molar-refractivity contribution < 1.29 is 23.1 Å². The topological polar surface area (TPSA) is 104 Å². The van der Waals surface area contributed by atoms with E-state index in [0.29, 0.717) is 34.5 Å². The zero-order chi connectivity index (χ0) is 21.8. The van der Waals surface area contributed by atoms with Gasteiger partial charge in [0.1, 0.15) is 35.4 Å². The summed E-state index contributed by atoms with van der Waals surface area (Å²) in [5.74, 6) is 1.40. The Kier molecular flexibility index (Phi) is 5.61. The number of hydrogen-bond acceptors (Lipinski definition) is 7. The minimum absolute atomic E-state index is 0.101. The van der Waals surface area contributed by atoms with Crippen molar-refractivity contribution in [2.75, 3.05) is 12.4 Å². The van der Waals surface area contributed by atoms with Gasteiger partial charge in [-0.1, -0.05) is 0 Å². The minimum Gasteiger partial charge on any atom is -0.494 e. The maximum atomic E-state index is 13.0. The Bertz CT molecular complexity index is 1200. The predicted octanol–water partition coefficient (Wildman–Crippen LogP) is 3.54. The standard InChI is InChI=1S/C21H18FN5O4/c1-13-24-25-26-27(13)18-11-15(5-9-19(18)29-2)23-21(28)20-10-8-17(31-20)12-30-16-6-3-14(22)4-7-16/h3-11H,12H2,1-2H3,(H,23,28). The number of methoxy groups -OCH3 is 1. The molecule has 2 aromatic heterocycles. The Morgan fingerprint density at radius 2 is 1.97 bits per heavy atom. The number of ether oxygens (including phenoxy) is 2. The smallest absolute Gasteiger partial charge is 0.291 e. The maximum Gasteiger partial charge on any atom is 0.291 e. The van der Waals surface area contributed by atoms with Crippen molar-refractivity contribution in [2.45, 2.75) is 13.5 Å². The molecule has 0 saturated heterocycles. The van der Waals surface area contributed by atoms with Crippen LogP contribution in [0.15, 0.2) is 59.0 Å². The summed E-state index contributed by atoms with van der Waals surface area (Å²) in [6.45, 7) is 1.85. The number of aromatic nitrogens is 4. The first-order valence-corrected chi connectivity index (χ1v) is 9.25. The monoisotopic (exact) mass is 423 g/mol. The van der Waals surface area contributed by atoms with Crippen molar-refractivity contribution >= 4 is 11.6 Å². The second-order valence-corrected chi connectivity index (χ2v) is 6.49. The number of nitrogens with zero attached hydrogens (tertiary/aromatic N) is 4. The number of anilines is 1. The van der Waals surface area contributed by atoms with Crippen LogP contribution in [0, 0.1) is 12.7 Å². The van der Waals surface area contributed by atoms with Gasteiger partial charge in [0.05, 0.1) is 7.11 Å². The van der Waals surface area contributed by atoms with Gasteiger partial charge in [0.15, 0.2) is 11.6 Å². The van der Waals surface area contributed by atoms with E-state index in [1.165, 1.54) is 36.1 Å². The van der Waals surface area contributed by atoms with Crippen LogP contribution in [-0.2, 0) is 6.61 Å². The molecule has 0 fully saturated rings. The zero-order valence-electron chi connectivity index (χ0n) is 16.7. The number of nitrogens with one attached hydrogen (secondary N) is 1. The molecule has 0 aliphatic rings. The summed E-state index contributed by atoms with van der Waals surface area (Å²) in [6, 6.07) is 13.9. The van der Waals surface area contributed by atoms with Gasteiger partial charge in [0.2, 0.25) is 0 Å². The molecular weight excluding hydrogens is 405 g/mol. The third-order valence-electron chi connectivity index (χ3n) is 4.37. The van der Waals surface area contributed by atoms with Crippen LogP contribution in [0.2, 0.25) is 0 Å². The normalized spacial score (nSPS) is 10.7. The molecule has 0 atom stereocenters. The lowest BCUT2D eigenvalue weighted by molar-refractivity contribution is 0.0992. The Balaban J connectivity index is 1.45. The Labute approximate surface area is 176 Å². The molecule has 0 spiro atoms. The van der Waals surface area contributed by atoms with Gasteiger partial charge in [-0.3, -0.25) is 4.79 Å². The largest absolute Gasteiger partial charge is 0.494 e. The van der Waals surface area contributed by atoms with E-state index in [1.54, 1.807) is 37.3 Å². The average molecular weight is 423 g/mol. The fourth-order valence-corrected chi connectivity index (χ4v) is 2.84. The molecule has 4 rings (SSSR count). The molecule has 31 heavy (non-hydrogen) atoms. The Morgan fingerprint density at radius 1 is 1.16 bits per heavy atom. The lowest BCUT2D eigenvalue weighted by Gasteiger charge is -2.11. The van der Waals surface area contributed by atoms with E-state index in [-0.39, 0.29) is 18.2 Å². The number of benzene rings is 2. The number of halogens is 1. The molecule has 2 aromatic carbocycles. The summed E-state index contributed by atoms with van der Waals surface area (Å²) in [7, 11) is 1.54. The molecule has 2 heterocycles. The molecule has 0 saturated carbocycles. The van der Waals surface area contributed by atoms with E-state index >= 15 is 0 Å². The summed E-state index contributed by atoms with van der Waals surface area (Å²) in [4.78, 5) is 12.6. The summed E-state index contributed by atoms with van der Waals surface area (Å²) in [5, 5.41) is 14.2. The van der Waals surface area contributed by atoms with Gasteiger partial charge in [0, 0.05) is 5.69 Å². The molecule has 0 unspecified atom stereocenters. The number of aryl methyl sites for hydroxylation is 1. The van der Waals surface area contributed by atoms with Crippen LogP contribution in [-0.4, -0.2) is 33.2 Å². The highest BCUT2D eigenvalue weighted by molar-refractivity contribution is 6.02. The van der Waals surface area contributed by atoms with Crippen LogP contribution >= 0.6 is 0 Å². The van der Waals surface area contributed by atoms with Crippen molar-refractivity contribution in [1.82, 2.24) is 20.2 Å². The maximum absolute atomic E-state index is 13.0. The fourth-order valence-electron chi connectivity index (χ4n) is 2.84. The number of hydrogen-bond donors (Lipinski definition) is 1. The second kappa shape index (κ2) is 8.66. The van der Waals surface area contributed by atoms with Crippen LogP contribution in [0.3, 0.4) is 0 Å². The Hall–Kier alpha value is -4.21. The number of furan rings is 1. The molecule has 4 aromatic rings. The molecule has 0 aliphatic heterocycles. The quantitative estimate of drug-likeness (QED) is 0.485. The molecule has 9 nitrogen and oxygen atoms in total. The van der Waals surface area contributed by atoms with Gasteiger partial charge in [-0.2, -0.15) is 4.68 Å². The van der Waals surface area contributed by atoms with Gasteiger partial charge >= 0.3 is 0 Å². The van der Waals surface area contributed by atoms with E-state index in [2.05, 4.69) is 20.8 Å². The second-order valence-electron chi connectivity index (χ2n) is 6.49. The minimum atomic E-state index is -0.433. The SMILES string of the molecule is COc1ccc(NC(=O)c2ccc(COc3ccc(F)cc3)o2)cc1-n1nnnc1C. The van der Waals surface area contributed by atoms with Crippen molar-refractivity contribution in [3.63, 3.8) is 0 Å². The van der Waals surface area contributed by atoms with Crippen LogP contribution in [0.4, 0.5) is 10.1 Å². The first-order chi connectivity index (χ1) is 15.0. The number of carbonyl (C=O) groups is 1. The highest BCUT2D eigenvalue weighted by Gasteiger charge is 2.15. The van der Waals surface area contributed by atoms with Crippen molar-refractivity contribution in [1.29, 1.82) is 0 Å². The lowest BCUT2D eigenvalue weighted by Crippen LogP contribution is -2.12. The molecule has 1 amide bonds. The highest BCUT2D eigenvalue weighted by atomic mass is 19.1.